The summed E-state index contributed by atoms with van der Waals surface area (Å²) in [5.74, 6) is 0. The summed E-state index contributed by atoms with van der Waals surface area (Å²) in [6.07, 6.45) is 5.88. The lowest BCUT2D eigenvalue weighted by Gasteiger charge is -2.00. The first kappa shape index (κ1) is 8.97. The van der Waals surface area contributed by atoms with Crippen LogP contribution in [0.4, 0.5) is 0 Å². The molecule has 0 aromatic carbocycles. The Morgan fingerprint density at radius 2 is 2.21 bits per heavy atom. The minimum Gasteiger partial charge on any atom is -0.348 e. The van der Waals surface area contributed by atoms with Gasteiger partial charge in [0.05, 0.1) is 12.2 Å². The lowest BCUT2D eigenvalue weighted by Crippen LogP contribution is -1.99. The van der Waals surface area contributed by atoms with Crippen LogP contribution in [0.15, 0.2) is 42.9 Å². The van der Waals surface area contributed by atoms with Crippen LogP contribution in [0.3, 0.4) is 0 Å². The van der Waals surface area contributed by atoms with E-state index in [4.69, 9.17) is 5.73 Å². The van der Waals surface area contributed by atoms with E-state index in [-0.39, 0.29) is 0 Å². The van der Waals surface area contributed by atoms with E-state index in [9.17, 15) is 0 Å². The van der Waals surface area contributed by atoms with Gasteiger partial charge in [0.25, 0.3) is 0 Å². The van der Waals surface area contributed by atoms with E-state index in [0.29, 0.717) is 6.54 Å². The summed E-state index contributed by atoms with van der Waals surface area (Å²) in [6.45, 7) is 1.40. The molecule has 0 aliphatic carbocycles. The largest absolute Gasteiger partial charge is 0.348 e. The molecule has 72 valence electrons. The molecule has 0 unspecified atom stereocenters. The van der Waals surface area contributed by atoms with Crippen molar-refractivity contribution >= 4 is 0 Å². The van der Waals surface area contributed by atoms with Crippen molar-refractivity contribution in [2.75, 3.05) is 0 Å². The van der Waals surface area contributed by atoms with E-state index in [0.717, 1.165) is 17.8 Å². The Hall–Kier alpha value is -1.61. The van der Waals surface area contributed by atoms with Gasteiger partial charge >= 0.3 is 0 Å². The first-order valence-corrected chi connectivity index (χ1v) is 4.63. The third-order valence-electron chi connectivity index (χ3n) is 2.12. The molecule has 14 heavy (non-hydrogen) atoms. The maximum Gasteiger partial charge on any atom is 0.0642 e. The molecule has 2 aromatic heterocycles. The average molecular weight is 187 g/mol. The second-order valence-corrected chi connectivity index (χ2v) is 3.22. The Labute approximate surface area is 83.2 Å². The van der Waals surface area contributed by atoms with Gasteiger partial charge in [-0.05, 0) is 23.8 Å². The molecule has 0 fully saturated rings. The van der Waals surface area contributed by atoms with Gasteiger partial charge in [-0.25, -0.2) is 0 Å². The van der Waals surface area contributed by atoms with Crippen molar-refractivity contribution in [2.45, 2.75) is 13.1 Å². The van der Waals surface area contributed by atoms with Crippen LogP contribution in [0.25, 0.3) is 0 Å². The van der Waals surface area contributed by atoms with Crippen LogP contribution < -0.4 is 5.73 Å². The van der Waals surface area contributed by atoms with E-state index in [1.54, 1.807) is 0 Å². The van der Waals surface area contributed by atoms with Gasteiger partial charge in [0.2, 0.25) is 0 Å². The fourth-order valence-electron chi connectivity index (χ4n) is 1.39. The zero-order chi connectivity index (χ0) is 9.80. The second kappa shape index (κ2) is 4.07. The Morgan fingerprint density at radius 3 is 2.86 bits per heavy atom. The standard InChI is InChI=1S/C11H13N3/c12-7-10-4-6-14(8-10)9-11-3-1-2-5-13-11/h1-6,8H,7,9,12H2. The van der Waals surface area contributed by atoms with Crippen molar-refractivity contribution in [3.63, 3.8) is 0 Å². The minimum absolute atomic E-state index is 0.592. The summed E-state index contributed by atoms with van der Waals surface area (Å²) in [7, 11) is 0. The number of hydrogen-bond donors (Lipinski definition) is 1. The van der Waals surface area contributed by atoms with E-state index in [2.05, 4.69) is 15.7 Å². The van der Waals surface area contributed by atoms with Crippen molar-refractivity contribution in [3.05, 3.63) is 54.1 Å². The van der Waals surface area contributed by atoms with Crippen molar-refractivity contribution in [1.29, 1.82) is 0 Å². The van der Waals surface area contributed by atoms with Crippen molar-refractivity contribution in [3.8, 4) is 0 Å². The summed E-state index contributed by atoms with van der Waals surface area (Å²) >= 11 is 0. The third-order valence-corrected chi connectivity index (χ3v) is 2.12. The highest BCUT2D eigenvalue weighted by Gasteiger charge is 1.96. The highest BCUT2D eigenvalue weighted by Crippen LogP contribution is 2.03. The second-order valence-electron chi connectivity index (χ2n) is 3.22. The minimum atomic E-state index is 0.592. The molecular formula is C11H13N3. The Balaban J connectivity index is 2.11. The van der Waals surface area contributed by atoms with Gasteiger partial charge in [0.1, 0.15) is 0 Å². The van der Waals surface area contributed by atoms with Gasteiger partial charge in [-0.2, -0.15) is 0 Å². The van der Waals surface area contributed by atoms with Crippen LogP contribution in [0.5, 0.6) is 0 Å². The van der Waals surface area contributed by atoms with Crippen LogP contribution in [0, 0.1) is 0 Å². The maximum absolute atomic E-state index is 5.53. The normalized spacial score (nSPS) is 10.4. The monoisotopic (exact) mass is 187 g/mol. The third kappa shape index (κ3) is 2.00. The Bertz CT molecular complexity index is 392. The van der Waals surface area contributed by atoms with E-state index >= 15 is 0 Å². The van der Waals surface area contributed by atoms with Crippen LogP contribution in [-0.2, 0) is 13.1 Å². The summed E-state index contributed by atoms with van der Waals surface area (Å²) in [5, 5.41) is 0. The molecule has 0 bridgehead atoms. The predicted octanol–water partition coefficient (Wildman–Crippen LogP) is 1.39. The molecule has 0 radical (unpaired) electrons. The summed E-state index contributed by atoms with van der Waals surface area (Å²) in [6, 6.07) is 7.96. The SMILES string of the molecule is NCc1ccn(Cc2ccccn2)c1. The summed E-state index contributed by atoms with van der Waals surface area (Å²) in [5.41, 5.74) is 7.74. The molecule has 0 amide bonds. The Morgan fingerprint density at radius 1 is 1.29 bits per heavy atom. The molecule has 0 saturated heterocycles. The predicted molar refractivity (Wildman–Crippen MR) is 55.7 cm³/mol. The molecular weight excluding hydrogens is 174 g/mol. The quantitative estimate of drug-likeness (QED) is 0.789. The van der Waals surface area contributed by atoms with Gasteiger partial charge in [0.15, 0.2) is 0 Å². The topological polar surface area (TPSA) is 43.8 Å². The van der Waals surface area contributed by atoms with Gasteiger partial charge < -0.3 is 10.3 Å². The summed E-state index contributed by atoms with van der Waals surface area (Å²) < 4.78 is 2.09. The molecule has 0 aliphatic heterocycles. The maximum atomic E-state index is 5.53. The van der Waals surface area contributed by atoms with Crippen LogP contribution in [0.2, 0.25) is 0 Å². The first-order chi connectivity index (χ1) is 6.88. The molecule has 2 rings (SSSR count). The average Bonchev–Trinajstić information content (AvgIpc) is 2.67. The first-order valence-electron chi connectivity index (χ1n) is 4.63. The molecule has 0 aliphatic rings. The van der Waals surface area contributed by atoms with Crippen molar-refractivity contribution in [1.82, 2.24) is 9.55 Å². The molecule has 2 heterocycles. The van der Waals surface area contributed by atoms with Gasteiger partial charge in [-0.15, -0.1) is 0 Å². The number of nitrogens with two attached hydrogens (primary N) is 1. The summed E-state index contributed by atoms with van der Waals surface area (Å²) in [4.78, 5) is 4.26. The highest BCUT2D eigenvalue weighted by atomic mass is 15.0. The molecule has 3 heteroatoms. The van der Waals surface area contributed by atoms with Crippen LogP contribution in [0.1, 0.15) is 11.3 Å². The zero-order valence-electron chi connectivity index (χ0n) is 7.93. The number of rotatable bonds is 3. The van der Waals surface area contributed by atoms with E-state index < -0.39 is 0 Å². The number of nitrogens with zero attached hydrogens (tertiary/aromatic N) is 2. The van der Waals surface area contributed by atoms with Crippen molar-refractivity contribution < 1.29 is 0 Å². The molecule has 0 saturated carbocycles. The highest BCUT2D eigenvalue weighted by molar-refractivity contribution is 5.12. The fourth-order valence-corrected chi connectivity index (χ4v) is 1.39. The fraction of sp³-hybridized carbons (Fsp3) is 0.182. The van der Waals surface area contributed by atoms with Gasteiger partial charge in [0, 0.05) is 25.1 Å². The van der Waals surface area contributed by atoms with Crippen molar-refractivity contribution in [2.24, 2.45) is 5.73 Å². The van der Waals surface area contributed by atoms with E-state index in [1.807, 2.05) is 36.7 Å². The van der Waals surface area contributed by atoms with Crippen LogP contribution >= 0.6 is 0 Å². The number of hydrogen-bond acceptors (Lipinski definition) is 2. The smallest absolute Gasteiger partial charge is 0.0642 e. The van der Waals surface area contributed by atoms with Gasteiger partial charge in [-0.1, -0.05) is 6.07 Å². The molecule has 0 atom stereocenters. The number of pyridine rings is 1. The Kier molecular flexibility index (Phi) is 2.60. The lowest BCUT2D eigenvalue weighted by atomic mass is 10.3. The lowest BCUT2D eigenvalue weighted by molar-refractivity contribution is 0.777. The molecule has 2 N–H and O–H groups in total. The molecule has 2 aromatic rings. The molecule has 3 nitrogen and oxygen atoms in total. The van der Waals surface area contributed by atoms with Gasteiger partial charge in [-0.3, -0.25) is 4.98 Å². The zero-order valence-corrected chi connectivity index (χ0v) is 7.93. The number of aromatic nitrogens is 2. The molecule has 0 spiro atoms. The van der Waals surface area contributed by atoms with Crippen LogP contribution in [-0.4, -0.2) is 9.55 Å². The van der Waals surface area contributed by atoms with E-state index in [1.165, 1.54) is 0 Å².